The van der Waals surface area contributed by atoms with Gasteiger partial charge < -0.3 is 9.47 Å². The molecule has 0 saturated carbocycles. The lowest BCUT2D eigenvalue weighted by Gasteiger charge is -2.05. The van der Waals surface area contributed by atoms with Crippen molar-refractivity contribution in [2.24, 2.45) is 0 Å². The van der Waals surface area contributed by atoms with E-state index in [2.05, 4.69) is 21.7 Å². The standard InChI is InChI=1S/C27H44O7/c1-3-4-5-6-7-8-9-10-11-12-13-14-15-16-17-18-22-31-27(29)33-34-32-26(28)24-20-19-21-25(23-24)30-2/h19-21,23H,3-18,22H2,1-2H3. The molecular weight excluding hydrogens is 436 g/mol. The molecule has 1 aromatic carbocycles. The van der Waals surface area contributed by atoms with Crippen molar-refractivity contribution in [1.29, 1.82) is 0 Å². The fourth-order valence-electron chi connectivity index (χ4n) is 3.70. The Morgan fingerprint density at radius 2 is 1.24 bits per heavy atom. The highest BCUT2D eigenvalue weighted by Crippen LogP contribution is 2.15. The molecule has 0 aliphatic carbocycles. The molecule has 0 N–H and O–H groups in total. The van der Waals surface area contributed by atoms with Crippen LogP contribution in [0, 0.1) is 0 Å². The third-order valence-corrected chi connectivity index (χ3v) is 5.74. The number of hydrogen-bond donors (Lipinski definition) is 0. The molecule has 0 atom stereocenters. The Morgan fingerprint density at radius 1 is 0.706 bits per heavy atom. The summed E-state index contributed by atoms with van der Waals surface area (Å²) in [4.78, 5) is 31.9. The first-order chi connectivity index (χ1) is 16.7. The van der Waals surface area contributed by atoms with E-state index in [4.69, 9.17) is 9.47 Å². The van der Waals surface area contributed by atoms with Crippen LogP contribution in [-0.4, -0.2) is 25.8 Å². The summed E-state index contributed by atoms with van der Waals surface area (Å²) in [6.07, 6.45) is 19.5. The van der Waals surface area contributed by atoms with Crippen molar-refractivity contribution >= 4 is 12.1 Å². The normalized spacial score (nSPS) is 10.6. The second kappa shape index (κ2) is 21.3. The van der Waals surface area contributed by atoms with Crippen LogP contribution in [0.15, 0.2) is 24.3 Å². The fraction of sp³-hybridized carbons (Fsp3) is 0.704. The maximum Gasteiger partial charge on any atom is 0.543 e. The van der Waals surface area contributed by atoms with Crippen LogP contribution in [0.2, 0.25) is 0 Å². The molecule has 0 saturated heterocycles. The molecule has 0 unspecified atom stereocenters. The predicted octanol–water partition coefficient (Wildman–Crippen LogP) is 8.11. The van der Waals surface area contributed by atoms with Crippen LogP contribution in [-0.2, 0) is 19.6 Å². The molecule has 7 nitrogen and oxygen atoms in total. The number of rotatable bonds is 21. The molecule has 1 rings (SSSR count). The third-order valence-electron chi connectivity index (χ3n) is 5.74. The summed E-state index contributed by atoms with van der Waals surface area (Å²) in [6, 6.07) is 6.30. The van der Waals surface area contributed by atoms with E-state index in [9.17, 15) is 9.59 Å². The zero-order valence-electron chi connectivity index (χ0n) is 21.2. The summed E-state index contributed by atoms with van der Waals surface area (Å²) in [5.41, 5.74) is 0.199. The third kappa shape index (κ3) is 16.4. The van der Waals surface area contributed by atoms with Crippen molar-refractivity contribution in [2.45, 2.75) is 110 Å². The van der Waals surface area contributed by atoms with E-state index in [1.54, 1.807) is 12.1 Å². The summed E-state index contributed by atoms with van der Waals surface area (Å²) in [6.45, 7) is 2.50. The average Bonchev–Trinajstić information content (AvgIpc) is 2.85. The Labute approximate surface area is 205 Å². The number of ether oxygens (including phenoxy) is 2. The van der Waals surface area contributed by atoms with Crippen molar-refractivity contribution in [3.8, 4) is 5.75 Å². The highest BCUT2D eigenvalue weighted by atomic mass is 17.5. The SMILES string of the molecule is CCCCCCCCCCCCCCCCCCOC(=O)OOOC(=O)c1cccc(OC)c1. The molecule has 0 aromatic heterocycles. The van der Waals surface area contributed by atoms with Gasteiger partial charge in [0.1, 0.15) is 5.75 Å². The Kier molecular flexibility index (Phi) is 18.6. The van der Waals surface area contributed by atoms with E-state index in [1.807, 2.05) is 0 Å². The topological polar surface area (TPSA) is 80.3 Å². The van der Waals surface area contributed by atoms with Crippen molar-refractivity contribution in [3.05, 3.63) is 29.8 Å². The Balaban J connectivity index is 1.84. The quantitative estimate of drug-likeness (QED) is 0.0760. The zero-order chi connectivity index (χ0) is 24.7. The Hall–Kier alpha value is -2.28. The van der Waals surface area contributed by atoms with Crippen molar-refractivity contribution in [2.75, 3.05) is 13.7 Å². The van der Waals surface area contributed by atoms with Crippen molar-refractivity contribution < 1.29 is 33.9 Å². The lowest BCUT2D eigenvalue weighted by Crippen LogP contribution is -2.12. The number of unbranched alkanes of at least 4 members (excludes halogenated alkanes) is 15. The van der Waals surface area contributed by atoms with Crippen LogP contribution < -0.4 is 4.74 Å². The summed E-state index contributed by atoms with van der Waals surface area (Å²) in [7, 11) is 1.49. The summed E-state index contributed by atoms with van der Waals surface area (Å²) < 4.78 is 9.91. The lowest BCUT2D eigenvalue weighted by atomic mass is 10.0. The maximum absolute atomic E-state index is 11.8. The Bertz CT molecular complexity index is 648. The van der Waals surface area contributed by atoms with Crippen LogP contribution >= 0.6 is 0 Å². The van der Waals surface area contributed by atoms with E-state index in [1.165, 1.54) is 103 Å². The molecule has 34 heavy (non-hydrogen) atoms. The highest BCUT2D eigenvalue weighted by molar-refractivity contribution is 5.89. The number of hydrogen-bond acceptors (Lipinski definition) is 7. The molecule has 0 bridgehead atoms. The van der Waals surface area contributed by atoms with E-state index in [0.29, 0.717) is 5.75 Å². The highest BCUT2D eigenvalue weighted by Gasteiger charge is 2.12. The van der Waals surface area contributed by atoms with Crippen LogP contribution in [0.3, 0.4) is 0 Å². The van der Waals surface area contributed by atoms with Gasteiger partial charge in [0.25, 0.3) is 0 Å². The number of benzene rings is 1. The molecule has 0 amide bonds. The zero-order valence-corrected chi connectivity index (χ0v) is 21.2. The van der Waals surface area contributed by atoms with Crippen LogP contribution in [0.4, 0.5) is 4.79 Å². The van der Waals surface area contributed by atoms with Crippen molar-refractivity contribution in [3.63, 3.8) is 0 Å². The molecular formula is C27H44O7. The van der Waals surface area contributed by atoms with E-state index < -0.39 is 12.1 Å². The summed E-state index contributed by atoms with van der Waals surface area (Å²) in [5.74, 6) is -0.321. The molecule has 0 radical (unpaired) electrons. The van der Waals surface area contributed by atoms with Gasteiger partial charge in [-0.2, -0.15) is 0 Å². The maximum atomic E-state index is 11.8. The van der Waals surface area contributed by atoms with Gasteiger partial charge in [0.15, 0.2) is 0 Å². The molecule has 0 heterocycles. The largest absolute Gasteiger partial charge is 0.543 e. The van der Waals surface area contributed by atoms with E-state index in [0.717, 1.165) is 19.3 Å². The van der Waals surface area contributed by atoms with Crippen LogP contribution in [0.25, 0.3) is 0 Å². The number of carbonyl (C=O) groups excluding carboxylic acids is 2. The molecule has 7 heteroatoms. The predicted molar refractivity (Wildman–Crippen MR) is 131 cm³/mol. The van der Waals surface area contributed by atoms with Gasteiger partial charge in [0.2, 0.25) is 0 Å². The molecule has 0 aliphatic rings. The minimum Gasteiger partial charge on any atom is -0.497 e. The Morgan fingerprint density at radius 3 is 1.76 bits per heavy atom. The van der Waals surface area contributed by atoms with Gasteiger partial charge in [-0.15, -0.1) is 0 Å². The van der Waals surface area contributed by atoms with Crippen molar-refractivity contribution in [1.82, 2.24) is 0 Å². The smallest absolute Gasteiger partial charge is 0.497 e. The first-order valence-electron chi connectivity index (χ1n) is 13.0. The molecule has 0 aliphatic heterocycles. The molecule has 0 fully saturated rings. The first kappa shape index (κ1) is 29.8. The second-order valence-electron chi connectivity index (χ2n) is 8.66. The molecule has 194 valence electrons. The average molecular weight is 481 g/mol. The monoisotopic (exact) mass is 480 g/mol. The van der Waals surface area contributed by atoms with E-state index >= 15 is 0 Å². The van der Waals surface area contributed by atoms with Gasteiger partial charge in [0.05, 0.1) is 24.3 Å². The lowest BCUT2D eigenvalue weighted by molar-refractivity contribution is -0.452. The van der Waals surface area contributed by atoms with Gasteiger partial charge in [-0.1, -0.05) is 109 Å². The van der Waals surface area contributed by atoms with Gasteiger partial charge in [-0.25, -0.2) is 14.5 Å². The van der Waals surface area contributed by atoms with Gasteiger partial charge >= 0.3 is 12.1 Å². The number of methoxy groups -OCH3 is 1. The summed E-state index contributed by atoms with van der Waals surface area (Å²) in [5, 5.41) is 4.20. The minimum absolute atomic E-state index is 0.199. The number of carbonyl (C=O) groups is 2. The molecule has 0 spiro atoms. The second-order valence-corrected chi connectivity index (χ2v) is 8.66. The van der Waals surface area contributed by atoms with Crippen LogP contribution in [0.5, 0.6) is 5.75 Å². The minimum atomic E-state index is -1.04. The van der Waals surface area contributed by atoms with Crippen LogP contribution in [0.1, 0.15) is 120 Å². The van der Waals surface area contributed by atoms with E-state index in [-0.39, 0.29) is 12.2 Å². The fourth-order valence-corrected chi connectivity index (χ4v) is 3.70. The summed E-state index contributed by atoms with van der Waals surface area (Å²) >= 11 is 0. The van der Waals surface area contributed by atoms with Gasteiger partial charge in [-0.05, 0) is 24.6 Å². The van der Waals surface area contributed by atoms with Gasteiger partial charge in [0, 0.05) is 0 Å². The molecule has 1 aromatic rings. The van der Waals surface area contributed by atoms with Gasteiger partial charge in [-0.3, -0.25) is 4.89 Å². The first-order valence-corrected chi connectivity index (χ1v) is 13.0.